The van der Waals surface area contributed by atoms with Crippen LogP contribution in [0.4, 0.5) is 5.82 Å². The van der Waals surface area contributed by atoms with E-state index in [9.17, 15) is 0 Å². The number of aromatic nitrogens is 2. The number of pyridine rings is 2. The van der Waals surface area contributed by atoms with Gasteiger partial charge in [0.25, 0.3) is 0 Å². The Morgan fingerprint density at radius 3 is 2.62 bits per heavy atom. The number of rotatable bonds is 5. The Kier molecular flexibility index (Phi) is 5.84. The van der Waals surface area contributed by atoms with E-state index in [1.54, 1.807) is 18.5 Å². The van der Waals surface area contributed by atoms with Gasteiger partial charge in [0.2, 0.25) is 0 Å². The van der Waals surface area contributed by atoms with E-state index in [4.69, 9.17) is 16.5 Å². The monoisotopic (exact) mass is 321 g/mol. The zero-order valence-electron chi connectivity index (χ0n) is 14.3. The van der Waals surface area contributed by atoms with Crippen molar-refractivity contribution in [2.24, 2.45) is 22.4 Å². The molecule has 0 saturated heterocycles. The maximum Gasteiger partial charge on any atom is 0.152 e. The number of aryl methyl sites for hydroxylation is 1. The summed E-state index contributed by atoms with van der Waals surface area (Å²) < 4.78 is 0. The fourth-order valence-corrected chi connectivity index (χ4v) is 2.33. The molecule has 2 rings (SSSR count). The molecule has 2 heterocycles. The summed E-state index contributed by atoms with van der Waals surface area (Å²) in [5.74, 6) is 0.873. The van der Waals surface area contributed by atoms with Crippen molar-refractivity contribution < 1.29 is 0 Å². The number of allylic oxidation sites excluding steroid dienone is 1. The third-order valence-corrected chi connectivity index (χ3v) is 3.50. The lowest BCUT2D eigenvalue weighted by Gasteiger charge is -2.14. The van der Waals surface area contributed by atoms with Gasteiger partial charge in [0.1, 0.15) is 0 Å². The molecule has 0 aromatic carbocycles. The van der Waals surface area contributed by atoms with Gasteiger partial charge < -0.3 is 11.5 Å². The van der Waals surface area contributed by atoms with E-state index in [-0.39, 0.29) is 5.92 Å². The molecule has 0 saturated carbocycles. The summed E-state index contributed by atoms with van der Waals surface area (Å²) in [7, 11) is 0. The van der Waals surface area contributed by atoms with Gasteiger partial charge >= 0.3 is 0 Å². The summed E-state index contributed by atoms with van der Waals surface area (Å²) in [6.45, 7) is 6.11. The summed E-state index contributed by atoms with van der Waals surface area (Å²) in [5.41, 5.74) is 15.7. The number of nitrogens with two attached hydrogens (primary N) is 2. The SMILES string of the molecule is Cc1cccc(N=C(C(=CN)C(C)C)c2ccnc(C=CN)c2)n1. The summed E-state index contributed by atoms with van der Waals surface area (Å²) in [6, 6.07) is 9.61. The summed E-state index contributed by atoms with van der Waals surface area (Å²) in [4.78, 5) is 13.5. The molecule has 0 aliphatic carbocycles. The van der Waals surface area contributed by atoms with Gasteiger partial charge in [-0.3, -0.25) is 4.98 Å². The Balaban J connectivity index is 2.61. The van der Waals surface area contributed by atoms with Gasteiger partial charge in [-0.05, 0) is 61.2 Å². The molecule has 0 bridgehead atoms. The largest absolute Gasteiger partial charge is 0.405 e. The van der Waals surface area contributed by atoms with Crippen molar-refractivity contribution in [1.82, 2.24) is 9.97 Å². The molecule has 4 N–H and O–H groups in total. The van der Waals surface area contributed by atoms with Gasteiger partial charge in [-0.1, -0.05) is 19.9 Å². The lowest BCUT2D eigenvalue weighted by Crippen LogP contribution is -2.13. The molecule has 24 heavy (non-hydrogen) atoms. The minimum absolute atomic E-state index is 0.222. The van der Waals surface area contributed by atoms with E-state index >= 15 is 0 Å². The maximum absolute atomic E-state index is 5.88. The number of hydrogen-bond donors (Lipinski definition) is 2. The normalized spacial score (nSPS) is 13.0. The van der Waals surface area contributed by atoms with Gasteiger partial charge in [0.05, 0.1) is 11.4 Å². The standard InChI is InChI=1S/C19H23N5/c1-13(2)17(12-21)19(24-18-6-4-5-14(3)23-18)15-8-10-22-16(11-15)7-9-20/h4-13H,20-21H2,1-3H3. The highest BCUT2D eigenvalue weighted by atomic mass is 14.9. The van der Waals surface area contributed by atoms with Crippen molar-refractivity contribution in [3.05, 3.63) is 71.5 Å². The first-order valence-corrected chi connectivity index (χ1v) is 7.84. The topological polar surface area (TPSA) is 90.2 Å². The van der Waals surface area contributed by atoms with E-state index in [1.165, 1.54) is 6.20 Å². The van der Waals surface area contributed by atoms with Gasteiger partial charge in [0.15, 0.2) is 5.82 Å². The minimum Gasteiger partial charge on any atom is -0.405 e. The molecule has 5 heteroatoms. The highest BCUT2D eigenvalue weighted by molar-refractivity contribution is 6.13. The molecule has 124 valence electrons. The zero-order chi connectivity index (χ0) is 17.5. The second-order valence-electron chi connectivity index (χ2n) is 5.70. The molecule has 0 aliphatic heterocycles. The number of nitrogens with zero attached hydrogens (tertiary/aromatic N) is 3. The third kappa shape index (κ3) is 4.29. The van der Waals surface area contributed by atoms with E-state index in [1.807, 2.05) is 37.3 Å². The van der Waals surface area contributed by atoms with Crippen LogP contribution in [0, 0.1) is 12.8 Å². The molecule has 0 amide bonds. The second-order valence-corrected chi connectivity index (χ2v) is 5.70. The summed E-state index contributed by atoms with van der Waals surface area (Å²) >= 11 is 0. The average molecular weight is 321 g/mol. The minimum atomic E-state index is 0.222. The fourth-order valence-electron chi connectivity index (χ4n) is 2.33. The van der Waals surface area contributed by atoms with Crippen LogP contribution in [-0.4, -0.2) is 15.7 Å². The lowest BCUT2D eigenvalue weighted by molar-refractivity contribution is 0.799. The predicted molar refractivity (Wildman–Crippen MR) is 99.7 cm³/mol. The van der Waals surface area contributed by atoms with Crippen molar-refractivity contribution in [3.63, 3.8) is 0 Å². The van der Waals surface area contributed by atoms with Crippen LogP contribution in [0.3, 0.4) is 0 Å². The number of hydrogen-bond acceptors (Lipinski definition) is 5. The van der Waals surface area contributed by atoms with Crippen LogP contribution in [0.5, 0.6) is 0 Å². The molecule has 0 radical (unpaired) electrons. The van der Waals surface area contributed by atoms with E-state index < -0.39 is 0 Å². The first-order valence-electron chi connectivity index (χ1n) is 7.84. The van der Waals surface area contributed by atoms with Gasteiger partial charge in [0, 0.05) is 17.5 Å². The Hall–Kier alpha value is -2.95. The Morgan fingerprint density at radius 1 is 1.21 bits per heavy atom. The van der Waals surface area contributed by atoms with E-state index in [0.29, 0.717) is 5.82 Å². The molecule has 0 spiro atoms. The van der Waals surface area contributed by atoms with Crippen LogP contribution in [0.2, 0.25) is 0 Å². The zero-order valence-corrected chi connectivity index (χ0v) is 14.3. The van der Waals surface area contributed by atoms with Gasteiger partial charge in [-0.25, -0.2) is 9.98 Å². The van der Waals surface area contributed by atoms with Crippen LogP contribution in [0.25, 0.3) is 6.08 Å². The maximum atomic E-state index is 5.88. The van der Waals surface area contributed by atoms with Crippen LogP contribution >= 0.6 is 0 Å². The summed E-state index contributed by atoms with van der Waals surface area (Å²) in [6.07, 6.45) is 6.55. The molecule has 2 aromatic rings. The van der Waals surface area contributed by atoms with E-state index in [2.05, 4.69) is 23.8 Å². The van der Waals surface area contributed by atoms with Crippen molar-refractivity contribution in [3.8, 4) is 0 Å². The first-order chi connectivity index (χ1) is 11.5. The van der Waals surface area contributed by atoms with Gasteiger partial charge in [-0.2, -0.15) is 0 Å². The molecule has 5 nitrogen and oxygen atoms in total. The Labute approximate surface area is 142 Å². The van der Waals surface area contributed by atoms with Crippen molar-refractivity contribution >= 4 is 17.6 Å². The lowest BCUT2D eigenvalue weighted by atomic mass is 9.94. The van der Waals surface area contributed by atoms with Crippen LogP contribution in [0.15, 0.2) is 59.5 Å². The fraction of sp³-hybridized carbons (Fsp3) is 0.211. The molecular weight excluding hydrogens is 298 g/mol. The molecule has 2 aromatic heterocycles. The molecule has 0 atom stereocenters. The number of aliphatic imine (C=N–C) groups is 1. The second kappa shape index (κ2) is 8.06. The highest BCUT2D eigenvalue weighted by Crippen LogP contribution is 2.21. The third-order valence-electron chi connectivity index (χ3n) is 3.50. The predicted octanol–water partition coefficient (Wildman–Crippen LogP) is 3.33. The van der Waals surface area contributed by atoms with Crippen LogP contribution in [-0.2, 0) is 0 Å². The molecule has 0 fully saturated rings. The molecule has 0 unspecified atom stereocenters. The van der Waals surface area contributed by atoms with Crippen molar-refractivity contribution in [2.45, 2.75) is 20.8 Å². The van der Waals surface area contributed by atoms with Crippen molar-refractivity contribution in [1.29, 1.82) is 0 Å². The Morgan fingerprint density at radius 2 is 2.00 bits per heavy atom. The van der Waals surface area contributed by atoms with E-state index in [0.717, 1.165) is 28.2 Å². The highest BCUT2D eigenvalue weighted by Gasteiger charge is 2.14. The van der Waals surface area contributed by atoms with Crippen molar-refractivity contribution in [2.75, 3.05) is 0 Å². The molecular formula is C19H23N5. The first kappa shape index (κ1) is 17.4. The quantitative estimate of drug-likeness (QED) is 0.826. The Bertz CT molecular complexity index is 788. The van der Waals surface area contributed by atoms with Crippen LogP contribution < -0.4 is 11.5 Å². The van der Waals surface area contributed by atoms with Crippen LogP contribution in [0.1, 0.15) is 30.8 Å². The average Bonchev–Trinajstić information content (AvgIpc) is 2.55. The smallest absolute Gasteiger partial charge is 0.152 e. The summed E-state index contributed by atoms with van der Waals surface area (Å²) in [5, 5.41) is 0. The van der Waals surface area contributed by atoms with Gasteiger partial charge in [-0.15, -0.1) is 0 Å². The molecule has 0 aliphatic rings.